The van der Waals surface area contributed by atoms with E-state index >= 15 is 0 Å². The first kappa shape index (κ1) is 19.1. The minimum Gasteiger partial charge on any atom is -0.381 e. The number of nitriles is 1. The number of thiazole rings is 1. The number of benzene rings is 1. The van der Waals surface area contributed by atoms with Crippen molar-refractivity contribution >= 4 is 39.0 Å². The largest absolute Gasteiger partial charge is 0.443 e. The average molecular weight is 436 g/mol. The number of hydrogen-bond donors (Lipinski definition) is 1. The van der Waals surface area contributed by atoms with Crippen molar-refractivity contribution in [2.24, 2.45) is 7.05 Å². The van der Waals surface area contributed by atoms with E-state index < -0.39 is 11.2 Å². The topological polar surface area (TPSA) is 106 Å². The summed E-state index contributed by atoms with van der Waals surface area (Å²) in [4.78, 5) is 12.1. The molecule has 0 amide bonds. The van der Waals surface area contributed by atoms with E-state index in [2.05, 4.69) is 20.1 Å². The van der Waals surface area contributed by atoms with Crippen molar-refractivity contribution < 1.29 is 13.2 Å². The second-order valence-corrected chi connectivity index (χ2v) is 7.40. The third kappa shape index (κ3) is 3.37. The van der Waals surface area contributed by atoms with Gasteiger partial charge in [0, 0.05) is 18.8 Å². The monoisotopic (exact) mass is 435 g/mol. The smallest absolute Gasteiger partial charge is 0.381 e. The fraction of sp³-hybridized carbons (Fsp3) is 0.118. The molecule has 0 aliphatic rings. The Morgan fingerprint density at radius 2 is 1.97 bits per heavy atom. The fourth-order valence-corrected chi connectivity index (χ4v) is 3.92. The van der Waals surface area contributed by atoms with Gasteiger partial charge in [-0.05, 0) is 18.2 Å². The first-order valence-corrected chi connectivity index (χ1v) is 9.12. The van der Waals surface area contributed by atoms with E-state index in [0.29, 0.717) is 22.6 Å². The third-order valence-electron chi connectivity index (χ3n) is 3.95. The van der Waals surface area contributed by atoms with Crippen molar-refractivity contribution in [3.8, 4) is 28.7 Å². The summed E-state index contributed by atoms with van der Waals surface area (Å²) in [5.74, 6) is -0.0822. The Labute approximate surface area is 170 Å². The van der Waals surface area contributed by atoms with Gasteiger partial charge in [-0.15, -0.1) is 11.3 Å². The molecule has 0 spiro atoms. The number of halogens is 4. The van der Waals surface area contributed by atoms with Gasteiger partial charge in [0.05, 0.1) is 9.72 Å². The Balaban J connectivity index is 1.98. The Hall–Kier alpha value is -3.23. The van der Waals surface area contributed by atoms with Crippen molar-refractivity contribution in [1.82, 2.24) is 24.7 Å². The number of nitrogens with zero attached hydrogens (tertiary/aromatic N) is 6. The molecule has 0 bridgehead atoms. The molecule has 1 aromatic carbocycles. The molecule has 29 heavy (non-hydrogen) atoms. The molecule has 2 N–H and O–H groups in total. The molecule has 3 heterocycles. The van der Waals surface area contributed by atoms with E-state index in [1.807, 2.05) is 6.07 Å². The summed E-state index contributed by atoms with van der Waals surface area (Å²) in [6.45, 7) is 0. The molecular formula is C17H9ClF3N7S. The first-order chi connectivity index (χ1) is 13.7. The number of nitrogens with two attached hydrogens (primary N) is 1. The molecule has 0 radical (unpaired) electrons. The number of aromatic nitrogens is 5. The molecule has 12 heteroatoms. The molecule has 0 fully saturated rings. The standard InChI is InChI=1S/C17H9ClF3N7S/c1-28-3-2-9(27-28)14-12(24-10(6-22)15(23)25-14)7-4-8(18)13-11(5-7)29-16(26-13)17(19,20)21/h2-5H,1H3,(H2,23,25). The Morgan fingerprint density at radius 3 is 2.59 bits per heavy atom. The van der Waals surface area contributed by atoms with Gasteiger partial charge in [-0.25, -0.2) is 15.0 Å². The van der Waals surface area contributed by atoms with Crippen molar-refractivity contribution in [3.63, 3.8) is 0 Å². The maximum atomic E-state index is 13.0. The van der Waals surface area contributed by atoms with Crippen LogP contribution in [0.5, 0.6) is 0 Å². The zero-order valence-electron chi connectivity index (χ0n) is 14.5. The number of hydrogen-bond acceptors (Lipinski definition) is 7. The van der Waals surface area contributed by atoms with E-state index in [1.54, 1.807) is 24.0 Å². The van der Waals surface area contributed by atoms with Crippen LogP contribution < -0.4 is 5.73 Å². The van der Waals surface area contributed by atoms with Crippen molar-refractivity contribution in [2.45, 2.75) is 6.18 Å². The van der Waals surface area contributed by atoms with E-state index in [4.69, 9.17) is 17.3 Å². The number of nitrogen functional groups attached to an aromatic ring is 1. The van der Waals surface area contributed by atoms with Gasteiger partial charge in [-0.2, -0.15) is 23.5 Å². The summed E-state index contributed by atoms with van der Waals surface area (Å²) in [7, 11) is 1.71. The maximum absolute atomic E-state index is 13.0. The highest BCUT2D eigenvalue weighted by molar-refractivity contribution is 7.18. The lowest BCUT2D eigenvalue weighted by molar-refractivity contribution is -0.137. The van der Waals surface area contributed by atoms with Crippen LogP contribution in [-0.2, 0) is 13.2 Å². The highest BCUT2D eigenvalue weighted by atomic mass is 35.5. The average Bonchev–Trinajstić information content (AvgIpc) is 3.27. The van der Waals surface area contributed by atoms with Gasteiger partial charge in [-0.1, -0.05) is 11.6 Å². The first-order valence-electron chi connectivity index (χ1n) is 7.92. The zero-order chi connectivity index (χ0) is 20.9. The van der Waals surface area contributed by atoms with E-state index in [0.717, 1.165) is 0 Å². The normalized spacial score (nSPS) is 11.7. The molecule has 7 nitrogen and oxygen atoms in total. The zero-order valence-corrected chi connectivity index (χ0v) is 16.1. The summed E-state index contributed by atoms with van der Waals surface area (Å²) < 4.78 is 40.9. The molecule has 3 aromatic heterocycles. The van der Waals surface area contributed by atoms with Gasteiger partial charge < -0.3 is 5.73 Å². The minimum absolute atomic E-state index is 0.0216. The molecule has 4 rings (SSSR count). The van der Waals surface area contributed by atoms with Crippen LogP contribution in [0.3, 0.4) is 0 Å². The molecule has 0 saturated heterocycles. The lowest BCUT2D eigenvalue weighted by Crippen LogP contribution is -2.04. The van der Waals surface area contributed by atoms with Crippen LogP contribution in [0, 0.1) is 11.3 Å². The second-order valence-electron chi connectivity index (χ2n) is 5.96. The van der Waals surface area contributed by atoms with Crippen LogP contribution in [-0.4, -0.2) is 24.7 Å². The molecule has 0 atom stereocenters. The molecule has 0 saturated carbocycles. The van der Waals surface area contributed by atoms with Crippen LogP contribution >= 0.6 is 22.9 Å². The van der Waals surface area contributed by atoms with Crippen LogP contribution in [0.1, 0.15) is 10.7 Å². The van der Waals surface area contributed by atoms with Gasteiger partial charge in [0.15, 0.2) is 16.5 Å². The number of fused-ring (bicyclic) bond motifs is 1. The molecular weight excluding hydrogens is 427 g/mol. The number of anilines is 1. The van der Waals surface area contributed by atoms with Gasteiger partial charge in [0.2, 0.25) is 0 Å². The van der Waals surface area contributed by atoms with Crippen LogP contribution in [0.15, 0.2) is 24.4 Å². The summed E-state index contributed by atoms with van der Waals surface area (Å²) in [6, 6.07) is 6.43. The fourth-order valence-electron chi connectivity index (χ4n) is 2.70. The summed E-state index contributed by atoms with van der Waals surface area (Å²) >= 11 is 6.67. The molecule has 0 unspecified atom stereocenters. The van der Waals surface area contributed by atoms with Crippen LogP contribution in [0.25, 0.3) is 32.9 Å². The maximum Gasteiger partial charge on any atom is 0.443 e. The molecule has 0 aliphatic heterocycles. The highest BCUT2D eigenvalue weighted by Gasteiger charge is 2.35. The van der Waals surface area contributed by atoms with Gasteiger partial charge in [-0.3, -0.25) is 4.68 Å². The van der Waals surface area contributed by atoms with Crippen LogP contribution in [0.2, 0.25) is 5.02 Å². The highest BCUT2D eigenvalue weighted by Crippen LogP contribution is 2.40. The lowest BCUT2D eigenvalue weighted by Gasteiger charge is -2.09. The summed E-state index contributed by atoms with van der Waals surface area (Å²) in [6.07, 6.45) is -2.90. The van der Waals surface area contributed by atoms with Crippen LogP contribution in [0.4, 0.5) is 19.0 Å². The SMILES string of the molecule is Cn1ccc(-c2nc(N)c(C#N)nc2-c2cc(Cl)c3nc(C(F)(F)F)sc3c2)n1. The van der Waals surface area contributed by atoms with E-state index in [1.165, 1.54) is 12.1 Å². The van der Waals surface area contributed by atoms with Gasteiger partial charge >= 0.3 is 6.18 Å². The number of aryl methyl sites for hydroxylation is 1. The lowest BCUT2D eigenvalue weighted by atomic mass is 10.1. The van der Waals surface area contributed by atoms with Gasteiger partial charge in [0.25, 0.3) is 0 Å². The Bertz CT molecular complexity index is 1300. The minimum atomic E-state index is -4.58. The molecule has 0 aliphatic carbocycles. The predicted molar refractivity (Wildman–Crippen MR) is 102 cm³/mol. The van der Waals surface area contributed by atoms with E-state index in [9.17, 15) is 18.4 Å². The quantitative estimate of drug-likeness (QED) is 0.503. The Kier molecular flexibility index (Phi) is 4.40. The number of rotatable bonds is 2. The molecule has 4 aromatic rings. The summed E-state index contributed by atoms with van der Waals surface area (Å²) in [5, 5.41) is 12.6. The van der Waals surface area contributed by atoms with Gasteiger partial charge in [0.1, 0.15) is 28.7 Å². The van der Waals surface area contributed by atoms with Crippen molar-refractivity contribution in [1.29, 1.82) is 5.26 Å². The van der Waals surface area contributed by atoms with E-state index in [-0.39, 0.29) is 38.1 Å². The summed E-state index contributed by atoms with van der Waals surface area (Å²) in [5.41, 5.74) is 7.03. The van der Waals surface area contributed by atoms with Crippen molar-refractivity contribution in [3.05, 3.63) is 40.1 Å². The third-order valence-corrected chi connectivity index (χ3v) is 5.28. The second kappa shape index (κ2) is 6.68. The van der Waals surface area contributed by atoms with Crippen molar-refractivity contribution in [2.75, 3.05) is 5.73 Å². The number of alkyl halides is 3. The Morgan fingerprint density at radius 1 is 1.21 bits per heavy atom. The molecule has 146 valence electrons. The predicted octanol–water partition coefficient (Wildman–Crippen LogP) is 4.28.